The highest BCUT2D eigenvalue weighted by Gasteiger charge is 2.19. The van der Waals surface area contributed by atoms with Crippen LogP contribution in [0.1, 0.15) is 38.5 Å². The zero-order valence-electron chi connectivity index (χ0n) is 16.3. The number of aromatic nitrogens is 3. The summed E-state index contributed by atoms with van der Waals surface area (Å²) in [4.78, 5) is 12.3. The molecule has 1 aliphatic rings. The lowest BCUT2D eigenvalue weighted by Gasteiger charge is -2.15. The van der Waals surface area contributed by atoms with Crippen LogP contribution in [0.3, 0.4) is 0 Å². The van der Waals surface area contributed by atoms with E-state index in [4.69, 9.17) is 15.3 Å². The van der Waals surface area contributed by atoms with Crippen molar-refractivity contribution in [3.8, 4) is 22.9 Å². The summed E-state index contributed by atoms with van der Waals surface area (Å²) < 4.78 is 12.0. The standard InChI is InChI=1S/C19H27N5O3S/c1-26-14-9-10-15(16(11-14)27-2)18-22-23-19(24(18)20)28-12-17(25)21-13-7-5-3-4-6-8-13/h9-11,13H,3-8,12,20H2,1-2H3,(H,21,25). The van der Waals surface area contributed by atoms with Gasteiger partial charge in [0.15, 0.2) is 5.82 Å². The van der Waals surface area contributed by atoms with Gasteiger partial charge in [-0.2, -0.15) is 0 Å². The molecule has 3 N–H and O–H groups in total. The second-order valence-electron chi connectivity index (χ2n) is 6.79. The summed E-state index contributed by atoms with van der Waals surface area (Å²) in [6.45, 7) is 0. The van der Waals surface area contributed by atoms with Gasteiger partial charge in [-0.25, -0.2) is 4.68 Å². The number of ether oxygens (including phenoxy) is 2. The van der Waals surface area contributed by atoms with E-state index in [1.165, 1.54) is 42.1 Å². The molecule has 1 heterocycles. The van der Waals surface area contributed by atoms with E-state index >= 15 is 0 Å². The molecule has 1 aromatic heterocycles. The van der Waals surface area contributed by atoms with Gasteiger partial charge in [0.2, 0.25) is 11.1 Å². The lowest BCUT2D eigenvalue weighted by Crippen LogP contribution is -2.35. The third-order valence-electron chi connectivity index (χ3n) is 4.87. The Morgan fingerprint density at radius 2 is 1.96 bits per heavy atom. The Morgan fingerprint density at radius 3 is 2.64 bits per heavy atom. The Morgan fingerprint density at radius 1 is 1.21 bits per heavy atom. The number of nitrogens with one attached hydrogen (secondary N) is 1. The number of carbonyl (C=O) groups is 1. The molecule has 1 saturated carbocycles. The van der Waals surface area contributed by atoms with Crippen molar-refractivity contribution < 1.29 is 14.3 Å². The summed E-state index contributed by atoms with van der Waals surface area (Å²) in [5.41, 5.74) is 0.702. The van der Waals surface area contributed by atoms with Gasteiger partial charge in [-0.05, 0) is 25.0 Å². The first-order valence-corrected chi connectivity index (χ1v) is 10.5. The Hall–Kier alpha value is -2.42. The summed E-state index contributed by atoms with van der Waals surface area (Å²) >= 11 is 1.27. The van der Waals surface area contributed by atoms with Crippen molar-refractivity contribution in [1.29, 1.82) is 0 Å². The predicted molar refractivity (Wildman–Crippen MR) is 109 cm³/mol. The maximum absolute atomic E-state index is 12.3. The summed E-state index contributed by atoms with van der Waals surface area (Å²) in [5, 5.41) is 11.9. The van der Waals surface area contributed by atoms with E-state index in [0.29, 0.717) is 28.0 Å². The zero-order valence-corrected chi connectivity index (χ0v) is 17.1. The van der Waals surface area contributed by atoms with Gasteiger partial charge in [0.05, 0.1) is 25.5 Å². The highest BCUT2D eigenvalue weighted by Crippen LogP contribution is 2.32. The second kappa shape index (κ2) is 9.68. The summed E-state index contributed by atoms with van der Waals surface area (Å²) in [7, 11) is 3.16. The fraction of sp³-hybridized carbons (Fsp3) is 0.526. The minimum atomic E-state index is 0.00322. The summed E-state index contributed by atoms with van der Waals surface area (Å²) in [6.07, 6.45) is 7.00. The lowest BCUT2D eigenvalue weighted by atomic mass is 10.1. The fourth-order valence-corrected chi connectivity index (χ4v) is 4.03. The van der Waals surface area contributed by atoms with Gasteiger partial charge in [-0.3, -0.25) is 4.79 Å². The van der Waals surface area contributed by atoms with Crippen LogP contribution in [0, 0.1) is 0 Å². The van der Waals surface area contributed by atoms with Crippen LogP contribution >= 0.6 is 11.8 Å². The molecule has 2 aromatic rings. The van der Waals surface area contributed by atoms with Gasteiger partial charge in [0.25, 0.3) is 0 Å². The van der Waals surface area contributed by atoms with Crippen molar-refractivity contribution in [2.45, 2.75) is 49.7 Å². The molecule has 0 atom stereocenters. The van der Waals surface area contributed by atoms with Gasteiger partial charge in [-0.15, -0.1) is 10.2 Å². The van der Waals surface area contributed by atoms with Crippen LogP contribution in [-0.2, 0) is 4.79 Å². The van der Waals surface area contributed by atoms with Crippen LogP contribution in [0.2, 0.25) is 0 Å². The lowest BCUT2D eigenvalue weighted by molar-refractivity contribution is -0.119. The van der Waals surface area contributed by atoms with E-state index in [1.807, 2.05) is 6.07 Å². The first-order valence-electron chi connectivity index (χ1n) is 9.47. The molecule has 0 aliphatic heterocycles. The van der Waals surface area contributed by atoms with Gasteiger partial charge < -0.3 is 20.6 Å². The molecular formula is C19H27N5O3S. The Balaban J connectivity index is 1.64. The fourth-order valence-electron chi connectivity index (χ4n) is 3.37. The quantitative estimate of drug-likeness (QED) is 0.414. The third kappa shape index (κ3) is 4.89. The van der Waals surface area contributed by atoms with E-state index in [-0.39, 0.29) is 17.7 Å². The van der Waals surface area contributed by atoms with Crippen molar-refractivity contribution in [3.63, 3.8) is 0 Å². The van der Waals surface area contributed by atoms with Crippen LogP contribution < -0.4 is 20.6 Å². The molecule has 152 valence electrons. The largest absolute Gasteiger partial charge is 0.497 e. The number of nitrogen functional groups attached to an aromatic ring is 1. The SMILES string of the molecule is COc1ccc(-c2nnc(SCC(=O)NC3CCCCCC3)n2N)c(OC)c1. The van der Waals surface area contributed by atoms with Gasteiger partial charge in [0, 0.05) is 12.1 Å². The van der Waals surface area contributed by atoms with Gasteiger partial charge >= 0.3 is 0 Å². The number of nitrogens with two attached hydrogens (primary N) is 1. The number of nitrogens with zero attached hydrogens (tertiary/aromatic N) is 3. The van der Waals surface area contributed by atoms with E-state index in [9.17, 15) is 4.79 Å². The van der Waals surface area contributed by atoms with E-state index in [1.54, 1.807) is 26.4 Å². The predicted octanol–water partition coefficient (Wildman–Crippen LogP) is 2.61. The molecular weight excluding hydrogens is 378 g/mol. The topological polar surface area (TPSA) is 104 Å². The van der Waals surface area contributed by atoms with Crippen molar-refractivity contribution in [3.05, 3.63) is 18.2 Å². The number of carbonyl (C=O) groups excluding carboxylic acids is 1. The number of amides is 1. The minimum absolute atomic E-state index is 0.00322. The highest BCUT2D eigenvalue weighted by molar-refractivity contribution is 7.99. The molecule has 1 aliphatic carbocycles. The number of rotatable bonds is 7. The molecule has 0 saturated heterocycles. The Kier molecular flexibility index (Phi) is 7.02. The molecule has 1 aromatic carbocycles. The molecule has 8 nitrogen and oxygen atoms in total. The maximum Gasteiger partial charge on any atom is 0.230 e. The smallest absolute Gasteiger partial charge is 0.230 e. The Labute approximate surface area is 169 Å². The molecule has 0 radical (unpaired) electrons. The highest BCUT2D eigenvalue weighted by atomic mass is 32.2. The van der Waals surface area contributed by atoms with Gasteiger partial charge in [0.1, 0.15) is 11.5 Å². The molecule has 0 spiro atoms. The van der Waals surface area contributed by atoms with E-state index in [0.717, 1.165) is 12.8 Å². The summed E-state index contributed by atoms with van der Waals surface area (Å²) in [5.74, 6) is 8.15. The van der Waals surface area contributed by atoms with Gasteiger partial charge in [-0.1, -0.05) is 37.4 Å². The second-order valence-corrected chi connectivity index (χ2v) is 7.73. The Bertz CT molecular complexity index is 803. The van der Waals surface area contributed by atoms with E-state index in [2.05, 4.69) is 15.5 Å². The normalized spacial score (nSPS) is 15.1. The minimum Gasteiger partial charge on any atom is -0.497 e. The molecule has 0 unspecified atom stereocenters. The van der Waals surface area contributed by atoms with Crippen molar-refractivity contribution >= 4 is 17.7 Å². The third-order valence-corrected chi connectivity index (χ3v) is 5.81. The van der Waals surface area contributed by atoms with Crippen LogP contribution in [0.15, 0.2) is 23.4 Å². The van der Waals surface area contributed by atoms with Crippen molar-refractivity contribution in [1.82, 2.24) is 20.2 Å². The monoisotopic (exact) mass is 405 g/mol. The first-order chi connectivity index (χ1) is 13.6. The molecule has 1 amide bonds. The number of thioether (sulfide) groups is 1. The molecule has 28 heavy (non-hydrogen) atoms. The van der Waals surface area contributed by atoms with Crippen molar-refractivity contribution in [2.75, 3.05) is 25.8 Å². The molecule has 0 bridgehead atoms. The van der Waals surface area contributed by atoms with Crippen LogP contribution in [0.4, 0.5) is 0 Å². The number of benzene rings is 1. The molecule has 3 rings (SSSR count). The average Bonchev–Trinajstić information content (AvgIpc) is 2.90. The van der Waals surface area contributed by atoms with Crippen LogP contribution in [0.5, 0.6) is 11.5 Å². The van der Waals surface area contributed by atoms with E-state index < -0.39 is 0 Å². The van der Waals surface area contributed by atoms with Crippen LogP contribution in [-0.4, -0.2) is 46.8 Å². The molecule has 1 fully saturated rings. The number of methoxy groups -OCH3 is 2. The maximum atomic E-state index is 12.3. The van der Waals surface area contributed by atoms with Crippen molar-refractivity contribution in [2.24, 2.45) is 0 Å². The first kappa shape index (κ1) is 20.3. The van der Waals surface area contributed by atoms with Crippen LogP contribution in [0.25, 0.3) is 11.4 Å². The average molecular weight is 406 g/mol. The zero-order chi connectivity index (χ0) is 19.9. The number of hydrogen-bond donors (Lipinski definition) is 2. The number of hydrogen-bond acceptors (Lipinski definition) is 7. The molecule has 9 heteroatoms. The summed E-state index contributed by atoms with van der Waals surface area (Å²) in [6, 6.07) is 5.67.